The first kappa shape index (κ1) is 19.1. The van der Waals surface area contributed by atoms with Gasteiger partial charge < -0.3 is 4.84 Å². The molecule has 5 nitrogen and oxygen atoms in total. The fraction of sp³-hybridized carbons (Fsp3) is 0.190. The second kappa shape index (κ2) is 7.90. The minimum absolute atomic E-state index is 0.251. The van der Waals surface area contributed by atoms with Crippen LogP contribution in [0.5, 0.6) is 0 Å². The van der Waals surface area contributed by atoms with Gasteiger partial charge in [0.15, 0.2) is 0 Å². The van der Waals surface area contributed by atoms with Crippen LogP contribution < -0.4 is 0 Å². The van der Waals surface area contributed by atoms with E-state index in [2.05, 4.69) is 23.4 Å². The van der Waals surface area contributed by atoms with Crippen molar-refractivity contribution in [1.29, 1.82) is 0 Å². The number of hydrogen-bond acceptors (Lipinski definition) is 4. The molecule has 0 heterocycles. The maximum absolute atomic E-state index is 12.1. The van der Waals surface area contributed by atoms with Crippen molar-refractivity contribution < 1.29 is 13.3 Å². The van der Waals surface area contributed by atoms with E-state index in [1.807, 2.05) is 31.2 Å². The van der Waals surface area contributed by atoms with Crippen molar-refractivity contribution in [2.45, 2.75) is 18.4 Å². The van der Waals surface area contributed by atoms with Crippen molar-refractivity contribution in [2.24, 2.45) is 5.16 Å². The molecule has 140 valence electrons. The van der Waals surface area contributed by atoms with Gasteiger partial charge in [-0.25, -0.2) is 12.7 Å². The van der Waals surface area contributed by atoms with Crippen LogP contribution in [0.25, 0.3) is 10.8 Å². The first-order chi connectivity index (χ1) is 12.9. The molecule has 0 atom stereocenters. The molecule has 3 aromatic rings. The lowest BCUT2D eigenvalue weighted by Crippen LogP contribution is -2.22. The monoisotopic (exact) mass is 382 g/mol. The van der Waals surface area contributed by atoms with Crippen molar-refractivity contribution >= 4 is 26.5 Å². The summed E-state index contributed by atoms with van der Waals surface area (Å²) in [5.74, 6) is 0. The normalized spacial score (nSPS) is 12.5. The first-order valence-electron chi connectivity index (χ1n) is 8.56. The molecule has 0 N–H and O–H groups in total. The Morgan fingerprint density at radius 1 is 0.963 bits per heavy atom. The number of sulfonamides is 1. The Kier molecular flexibility index (Phi) is 5.58. The van der Waals surface area contributed by atoms with Crippen LogP contribution in [0, 0.1) is 0 Å². The number of rotatable bonds is 6. The zero-order chi connectivity index (χ0) is 19.4. The summed E-state index contributed by atoms with van der Waals surface area (Å²) >= 11 is 0. The van der Waals surface area contributed by atoms with E-state index in [-0.39, 0.29) is 4.90 Å². The quantitative estimate of drug-likeness (QED) is 0.478. The van der Waals surface area contributed by atoms with Gasteiger partial charge in [-0.2, -0.15) is 0 Å². The fourth-order valence-corrected chi connectivity index (χ4v) is 3.65. The van der Waals surface area contributed by atoms with Gasteiger partial charge in [0.1, 0.15) is 6.61 Å². The summed E-state index contributed by atoms with van der Waals surface area (Å²) in [6.07, 6.45) is 0. The van der Waals surface area contributed by atoms with Crippen molar-refractivity contribution in [2.75, 3.05) is 14.1 Å². The second-order valence-electron chi connectivity index (χ2n) is 6.40. The van der Waals surface area contributed by atoms with Crippen LogP contribution in [0.1, 0.15) is 18.1 Å². The second-order valence-corrected chi connectivity index (χ2v) is 8.55. The lowest BCUT2D eigenvalue weighted by atomic mass is 10.1. The van der Waals surface area contributed by atoms with Gasteiger partial charge in [0.2, 0.25) is 10.0 Å². The van der Waals surface area contributed by atoms with E-state index in [1.54, 1.807) is 24.3 Å². The number of benzene rings is 3. The average Bonchev–Trinajstić information content (AvgIpc) is 2.68. The Morgan fingerprint density at radius 2 is 1.63 bits per heavy atom. The average molecular weight is 382 g/mol. The summed E-state index contributed by atoms with van der Waals surface area (Å²) in [6, 6.07) is 20.9. The molecular formula is C21H22N2O3S. The maximum Gasteiger partial charge on any atom is 0.242 e. The molecule has 0 spiro atoms. The van der Waals surface area contributed by atoms with Crippen molar-refractivity contribution in [1.82, 2.24) is 4.31 Å². The third-order valence-corrected chi connectivity index (χ3v) is 6.18. The topological polar surface area (TPSA) is 59.0 Å². The molecule has 0 bridgehead atoms. The molecule has 0 aliphatic heterocycles. The van der Waals surface area contributed by atoms with Crippen LogP contribution in [0.3, 0.4) is 0 Å². The van der Waals surface area contributed by atoms with E-state index in [0.29, 0.717) is 12.3 Å². The summed E-state index contributed by atoms with van der Waals surface area (Å²) in [4.78, 5) is 5.79. The summed E-state index contributed by atoms with van der Waals surface area (Å²) in [6.45, 7) is 2.20. The van der Waals surface area contributed by atoms with Crippen LogP contribution >= 0.6 is 0 Å². The Bertz CT molecular complexity index is 1070. The lowest BCUT2D eigenvalue weighted by molar-refractivity contribution is 0.131. The minimum Gasteiger partial charge on any atom is -0.391 e. The smallest absolute Gasteiger partial charge is 0.242 e. The number of fused-ring (bicyclic) bond motifs is 1. The summed E-state index contributed by atoms with van der Waals surface area (Å²) < 4.78 is 25.4. The highest BCUT2D eigenvalue weighted by molar-refractivity contribution is 7.89. The standard InChI is InChI=1S/C21H22N2O3S/c1-16(17-11-13-20(14-12-17)27(24,25)23(2)3)22-26-15-19-9-6-8-18-7-4-5-10-21(18)19/h4-14H,15H2,1-3H3/b22-16+. The van der Waals surface area contributed by atoms with Crippen LogP contribution in [0.15, 0.2) is 76.8 Å². The first-order valence-corrected chi connectivity index (χ1v) is 10.00. The Balaban J connectivity index is 1.72. The van der Waals surface area contributed by atoms with Crippen LogP contribution in [-0.2, 0) is 21.5 Å². The molecule has 0 aliphatic carbocycles. The van der Waals surface area contributed by atoms with E-state index in [4.69, 9.17) is 4.84 Å². The number of oxime groups is 1. The third kappa shape index (κ3) is 4.18. The van der Waals surface area contributed by atoms with E-state index in [1.165, 1.54) is 18.4 Å². The Labute approximate surface area is 159 Å². The molecule has 3 rings (SSSR count). The highest BCUT2D eigenvalue weighted by atomic mass is 32.2. The molecule has 3 aromatic carbocycles. The summed E-state index contributed by atoms with van der Waals surface area (Å²) in [7, 11) is -0.409. The molecule has 0 amide bonds. The fourth-order valence-electron chi connectivity index (χ4n) is 2.75. The van der Waals surface area contributed by atoms with Gasteiger partial charge in [-0.3, -0.25) is 0 Å². The minimum atomic E-state index is -3.43. The number of nitrogens with zero attached hydrogens (tertiary/aromatic N) is 2. The van der Waals surface area contributed by atoms with Crippen LogP contribution in [0.2, 0.25) is 0 Å². The summed E-state index contributed by atoms with van der Waals surface area (Å²) in [5, 5.41) is 6.49. The molecule has 0 aliphatic rings. The van der Waals surface area contributed by atoms with Crippen LogP contribution in [0.4, 0.5) is 0 Å². The van der Waals surface area contributed by atoms with E-state index >= 15 is 0 Å². The Hall–Kier alpha value is -2.70. The van der Waals surface area contributed by atoms with Crippen molar-refractivity contribution in [3.8, 4) is 0 Å². The van der Waals surface area contributed by atoms with Gasteiger partial charge in [-0.1, -0.05) is 59.8 Å². The van der Waals surface area contributed by atoms with Gasteiger partial charge in [-0.15, -0.1) is 0 Å². The molecule has 0 saturated carbocycles. The zero-order valence-corrected chi connectivity index (χ0v) is 16.4. The van der Waals surface area contributed by atoms with Gasteiger partial charge in [0.05, 0.1) is 10.6 Å². The van der Waals surface area contributed by atoms with Crippen molar-refractivity contribution in [3.63, 3.8) is 0 Å². The van der Waals surface area contributed by atoms with Gasteiger partial charge in [0.25, 0.3) is 0 Å². The molecule has 0 saturated heterocycles. The largest absolute Gasteiger partial charge is 0.391 e. The Morgan fingerprint density at radius 3 is 2.33 bits per heavy atom. The predicted octanol–water partition coefficient (Wildman–Crippen LogP) is 4.03. The lowest BCUT2D eigenvalue weighted by Gasteiger charge is -2.11. The number of hydrogen-bond donors (Lipinski definition) is 0. The molecule has 0 aromatic heterocycles. The van der Waals surface area contributed by atoms with Crippen molar-refractivity contribution in [3.05, 3.63) is 77.9 Å². The molecule has 0 radical (unpaired) electrons. The zero-order valence-electron chi connectivity index (χ0n) is 15.6. The SMILES string of the molecule is C/C(=N\OCc1cccc2ccccc12)c1ccc(S(=O)(=O)N(C)C)cc1. The highest BCUT2D eigenvalue weighted by Gasteiger charge is 2.16. The molecule has 0 fully saturated rings. The van der Waals surface area contributed by atoms with Gasteiger partial charge >= 0.3 is 0 Å². The molecule has 6 heteroatoms. The highest BCUT2D eigenvalue weighted by Crippen LogP contribution is 2.19. The van der Waals surface area contributed by atoms with Crippen LogP contribution in [-0.4, -0.2) is 32.5 Å². The third-order valence-electron chi connectivity index (χ3n) is 4.35. The van der Waals surface area contributed by atoms with E-state index < -0.39 is 10.0 Å². The summed E-state index contributed by atoms with van der Waals surface area (Å²) in [5.41, 5.74) is 2.56. The van der Waals surface area contributed by atoms with Gasteiger partial charge in [-0.05, 0) is 41.0 Å². The molecule has 27 heavy (non-hydrogen) atoms. The van der Waals surface area contributed by atoms with E-state index in [0.717, 1.165) is 21.9 Å². The maximum atomic E-state index is 12.1. The predicted molar refractivity (Wildman–Crippen MR) is 108 cm³/mol. The molecular weight excluding hydrogens is 360 g/mol. The molecule has 0 unspecified atom stereocenters. The van der Waals surface area contributed by atoms with Gasteiger partial charge in [0, 0.05) is 14.1 Å². The van der Waals surface area contributed by atoms with E-state index in [9.17, 15) is 8.42 Å².